The van der Waals surface area contributed by atoms with E-state index in [2.05, 4.69) is 170 Å². The molecule has 7 aromatic carbocycles. The molecule has 0 N–H and O–H groups in total. The van der Waals surface area contributed by atoms with Crippen molar-refractivity contribution in [3.8, 4) is 56.0 Å². The molecule has 2 heterocycles. The summed E-state index contributed by atoms with van der Waals surface area (Å²) in [6.07, 6.45) is 0. The van der Waals surface area contributed by atoms with Crippen molar-refractivity contribution in [2.24, 2.45) is 0 Å². The summed E-state index contributed by atoms with van der Waals surface area (Å²) in [5.41, 5.74) is 11.1. The van der Waals surface area contributed by atoms with Crippen LogP contribution in [0.25, 0.3) is 87.1 Å². The van der Waals surface area contributed by atoms with Crippen molar-refractivity contribution in [1.29, 1.82) is 0 Å². The Bertz CT molecular complexity index is 2580. The van der Waals surface area contributed by atoms with E-state index in [9.17, 15) is 0 Å². The Kier molecular flexibility index (Phi) is 6.69. The number of nitrogens with zero attached hydrogens (tertiary/aromatic N) is 2. The molecule has 0 amide bonds. The molecule has 0 spiro atoms. The molecule has 9 aromatic rings. The van der Waals surface area contributed by atoms with Gasteiger partial charge in [0, 0.05) is 21.2 Å². The van der Waals surface area contributed by atoms with Crippen molar-refractivity contribution in [1.82, 2.24) is 9.97 Å². The van der Waals surface area contributed by atoms with Crippen LogP contribution in [0.2, 0.25) is 0 Å². The second-order valence-corrected chi connectivity index (χ2v) is 12.9. The predicted octanol–water partition coefficient (Wildman–Crippen LogP) is 12.3. The number of rotatable bonds is 5. The van der Waals surface area contributed by atoms with Gasteiger partial charge in [0.2, 0.25) is 0 Å². The Morgan fingerprint density at radius 3 is 1.70 bits per heavy atom. The Balaban J connectivity index is 1.17. The van der Waals surface area contributed by atoms with E-state index in [1.54, 1.807) is 11.3 Å². The molecular weight excluding hydrogens is 589 g/mol. The molecule has 0 atom stereocenters. The third-order valence-electron chi connectivity index (χ3n) is 8.86. The normalized spacial score (nSPS) is 11.4. The van der Waals surface area contributed by atoms with Gasteiger partial charge in [0.05, 0.1) is 15.9 Å². The van der Waals surface area contributed by atoms with E-state index in [0.717, 1.165) is 49.4 Å². The molecule has 0 saturated carbocycles. The minimum absolute atomic E-state index is 0.730. The zero-order valence-corrected chi connectivity index (χ0v) is 26.3. The highest BCUT2D eigenvalue weighted by Gasteiger charge is 2.17. The van der Waals surface area contributed by atoms with Crippen LogP contribution in [0.15, 0.2) is 170 Å². The third kappa shape index (κ3) is 5.07. The molecule has 2 aromatic heterocycles. The zero-order valence-electron chi connectivity index (χ0n) is 25.5. The molecule has 0 aliphatic rings. The summed E-state index contributed by atoms with van der Waals surface area (Å²) in [4.78, 5) is 10.5. The van der Waals surface area contributed by atoms with Crippen molar-refractivity contribution >= 4 is 42.4 Å². The van der Waals surface area contributed by atoms with Gasteiger partial charge in [0.25, 0.3) is 0 Å². The van der Waals surface area contributed by atoms with E-state index in [1.165, 1.54) is 37.7 Å². The molecule has 0 unspecified atom stereocenters. The maximum absolute atomic E-state index is 5.30. The fourth-order valence-electron chi connectivity index (χ4n) is 6.48. The average Bonchev–Trinajstić information content (AvgIpc) is 3.53. The fourth-order valence-corrected chi connectivity index (χ4v) is 7.63. The van der Waals surface area contributed by atoms with Crippen molar-refractivity contribution in [3.05, 3.63) is 170 Å². The Morgan fingerprint density at radius 1 is 0.362 bits per heavy atom. The fraction of sp³-hybridized carbons (Fsp3) is 0. The number of benzene rings is 7. The smallest absolute Gasteiger partial charge is 0.160 e. The maximum Gasteiger partial charge on any atom is 0.160 e. The van der Waals surface area contributed by atoms with Gasteiger partial charge in [-0.3, -0.25) is 0 Å². The lowest BCUT2D eigenvalue weighted by atomic mass is 9.96. The second-order valence-electron chi connectivity index (χ2n) is 11.8. The third-order valence-corrected chi connectivity index (χ3v) is 10.0. The molecule has 220 valence electrons. The van der Waals surface area contributed by atoms with Gasteiger partial charge in [-0.15, -0.1) is 11.3 Å². The average molecular weight is 617 g/mol. The molecule has 9 rings (SSSR count). The molecule has 0 aliphatic heterocycles. The predicted molar refractivity (Wildman–Crippen MR) is 200 cm³/mol. The van der Waals surface area contributed by atoms with Crippen molar-refractivity contribution in [3.63, 3.8) is 0 Å². The SMILES string of the molecule is c1ccc(-c2cccc(-c3nc(-c4cccc(-c5cccc(-c6ccc7ccccc7c6)c5)c4)nc4c3sc3ccccc34)c2)cc1. The highest BCUT2D eigenvalue weighted by atomic mass is 32.1. The van der Waals surface area contributed by atoms with E-state index in [1.807, 2.05) is 0 Å². The minimum Gasteiger partial charge on any atom is -0.226 e. The summed E-state index contributed by atoms with van der Waals surface area (Å²) in [5, 5.41) is 3.66. The summed E-state index contributed by atoms with van der Waals surface area (Å²) in [5.74, 6) is 0.730. The highest BCUT2D eigenvalue weighted by Crippen LogP contribution is 2.40. The maximum atomic E-state index is 5.30. The number of hydrogen-bond donors (Lipinski definition) is 0. The van der Waals surface area contributed by atoms with Crippen LogP contribution in [-0.4, -0.2) is 9.97 Å². The van der Waals surface area contributed by atoms with Crippen LogP contribution in [0.5, 0.6) is 0 Å². The van der Waals surface area contributed by atoms with E-state index in [4.69, 9.17) is 9.97 Å². The molecule has 3 heteroatoms. The number of aromatic nitrogens is 2. The van der Waals surface area contributed by atoms with Gasteiger partial charge in [-0.25, -0.2) is 9.97 Å². The number of thiophene rings is 1. The monoisotopic (exact) mass is 616 g/mol. The van der Waals surface area contributed by atoms with E-state index < -0.39 is 0 Å². The van der Waals surface area contributed by atoms with Crippen LogP contribution in [0, 0.1) is 0 Å². The minimum atomic E-state index is 0.730. The Labute approximate surface area is 277 Å². The van der Waals surface area contributed by atoms with E-state index in [0.29, 0.717) is 0 Å². The van der Waals surface area contributed by atoms with Gasteiger partial charge >= 0.3 is 0 Å². The van der Waals surface area contributed by atoms with Crippen LogP contribution in [0.4, 0.5) is 0 Å². The molecule has 0 aliphatic carbocycles. The van der Waals surface area contributed by atoms with Gasteiger partial charge in [-0.2, -0.15) is 0 Å². The Morgan fingerprint density at radius 2 is 0.915 bits per heavy atom. The molecule has 0 radical (unpaired) electrons. The van der Waals surface area contributed by atoms with Crippen LogP contribution < -0.4 is 0 Å². The van der Waals surface area contributed by atoms with Gasteiger partial charge in [-0.05, 0) is 74.5 Å². The molecule has 47 heavy (non-hydrogen) atoms. The van der Waals surface area contributed by atoms with Crippen molar-refractivity contribution in [2.45, 2.75) is 0 Å². The lowest BCUT2D eigenvalue weighted by Gasteiger charge is -2.11. The Hall–Kier alpha value is -5.90. The van der Waals surface area contributed by atoms with Crippen LogP contribution in [0.1, 0.15) is 0 Å². The standard InChI is InChI=1S/C44H28N2S/c1-2-11-29(12-3-1)32-15-9-19-37(27-32)41-43-42(39-21-6-7-22-40(39)47-43)46-44(45-41)38-20-10-18-35(28-38)33-16-8-17-34(26-33)36-24-23-30-13-4-5-14-31(30)25-36/h1-28H. The van der Waals surface area contributed by atoms with Crippen molar-refractivity contribution in [2.75, 3.05) is 0 Å². The topological polar surface area (TPSA) is 25.8 Å². The van der Waals surface area contributed by atoms with Crippen LogP contribution in [0.3, 0.4) is 0 Å². The van der Waals surface area contributed by atoms with Gasteiger partial charge in [0.1, 0.15) is 0 Å². The van der Waals surface area contributed by atoms with Gasteiger partial charge < -0.3 is 0 Å². The lowest BCUT2D eigenvalue weighted by Crippen LogP contribution is -1.94. The largest absolute Gasteiger partial charge is 0.226 e. The first kappa shape index (κ1) is 27.4. The first-order valence-electron chi connectivity index (χ1n) is 15.8. The molecular formula is C44H28N2S. The molecule has 0 bridgehead atoms. The number of fused-ring (bicyclic) bond motifs is 4. The summed E-state index contributed by atoms with van der Waals surface area (Å²) in [7, 11) is 0. The first-order chi connectivity index (χ1) is 23.3. The highest BCUT2D eigenvalue weighted by molar-refractivity contribution is 7.26. The summed E-state index contributed by atoms with van der Waals surface area (Å²) >= 11 is 1.76. The quantitative estimate of drug-likeness (QED) is 0.192. The molecule has 0 fully saturated rings. The van der Waals surface area contributed by atoms with E-state index >= 15 is 0 Å². The summed E-state index contributed by atoms with van der Waals surface area (Å²) in [6.45, 7) is 0. The van der Waals surface area contributed by atoms with Crippen LogP contribution in [-0.2, 0) is 0 Å². The van der Waals surface area contributed by atoms with Gasteiger partial charge in [0.15, 0.2) is 5.82 Å². The first-order valence-corrected chi connectivity index (χ1v) is 16.6. The second kappa shape index (κ2) is 11.5. The summed E-state index contributed by atoms with van der Waals surface area (Å²) < 4.78 is 2.33. The lowest BCUT2D eigenvalue weighted by molar-refractivity contribution is 1.24. The van der Waals surface area contributed by atoms with Crippen LogP contribution >= 0.6 is 11.3 Å². The van der Waals surface area contributed by atoms with Crippen molar-refractivity contribution < 1.29 is 0 Å². The summed E-state index contributed by atoms with van der Waals surface area (Å²) in [6, 6.07) is 60.4. The number of hydrogen-bond acceptors (Lipinski definition) is 3. The zero-order chi connectivity index (χ0) is 31.2. The molecule has 2 nitrogen and oxygen atoms in total. The van der Waals surface area contributed by atoms with Gasteiger partial charge in [-0.1, -0.05) is 140 Å². The van der Waals surface area contributed by atoms with E-state index in [-0.39, 0.29) is 0 Å². The molecule has 0 saturated heterocycles.